The van der Waals surface area contributed by atoms with E-state index in [9.17, 15) is 4.79 Å². The Morgan fingerprint density at radius 3 is 2.86 bits per heavy atom. The van der Waals surface area contributed by atoms with Gasteiger partial charge in [-0.2, -0.15) is 0 Å². The molecule has 1 atom stereocenters. The number of carbonyl (C=O) groups excluding carboxylic acids is 1. The van der Waals surface area contributed by atoms with Crippen molar-refractivity contribution in [3.05, 3.63) is 22.4 Å². The van der Waals surface area contributed by atoms with Crippen molar-refractivity contribution in [3.63, 3.8) is 0 Å². The number of likely N-dealkylation sites (tertiary alicyclic amines) is 1. The Morgan fingerprint density at radius 1 is 1.32 bits per heavy atom. The highest BCUT2D eigenvalue weighted by Gasteiger charge is 2.27. The van der Waals surface area contributed by atoms with Crippen molar-refractivity contribution in [2.24, 2.45) is 5.92 Å². The quantitative estimate of drug-likeness (QED) is 0.872. The molecule has 3 heterocycles. The zero-order chi connectivity index (χ0) is 15.2. The summed E-state index contributed by atoms with van der Waals surface area (Å²) in [6, 6.07) is 4.61. The molecule has 2 aliphatic rings. The van der Waals surface area contributed by atoms with E-state index in [1.165, 1.54) is 24.1 Å². The topological polar surface area (TPSA) is 53.6 Å². The van der Waals surface area contributed by atoms with Crippen LogP contribution in [0.3, 0.4) is 0 Å². The fourth-order valence-corrected chi connectivity index (χ4v) is 3.86. The summed E-state index contributed by atoms with van der Waals surface area (Å²) in [6.45, 7) is 5.48. The fourth-order valence-electron chi connectivity index (χ4n) is 3.21. The van der Waals surface area contributed by atoms with Gasteiger partial charge in [-0.3, -0.25) is 4.90 Å². The van der Waals surface area contributed by atoms with Gasteiger partial charge in [0.25, 0.3) is 0 Å². The number of nitrogens with one attached hydrogen (secondary N) is 2. The zero-order valence-electron chi connectivity index (χ0n) is 12.9. The summed E-state index contributed by atoms with van der Waals surface area (Å²) < 4.78 is 5.47. The molecule has 1 aromatic rings. The largest absolute Gasteiger partial charge is 0.380 e. The van der Waals surface area contributed by atoms with E-state index >= 15 is 0 Å². The van der Waals surface area contributed by atoms with E-state index in [-0.39, 0.29) is 6.03 Å². The van der Waals surface area contributed by atoms with Crippen LogP contribution in [0.15, 0.2) is 17.5 Å². The molecule has 5 nitrogen and oxygen atoms in total. The van der Waals surface area contributed by atoms with Crippen LogP contribution in [0, 0.1) is 5.92 Å². The fraction of sp³-hybridized carbons (Fsp3) is 0.688. The van der Waals surface area contributed by atoms with Crippen molar-refractivity contribution >= 4 is 17.4 Å². The first-order valence-electron chi connectivity index (χ1n) is 8.17. The van der Waals surface area contributed by atoms with Crippen molar-refractivity contribution in [1.82, 2.24) is 15.5 Å². The molecule has 0 aliphatic carbocycles. The van der Waals surface area contributed by atoms with Crippen LogP contribution >= 0.6 is 11.3 Å². The second-order valence-electron chi connectivity index (χ2n) is 6.14. The van der Waals surface area contributed by atoms with E-state index in [1.54, 1.807) is 11.3 Å². The summed E-state index contributed by atoms with van der Waals surface area (Å²) in [7, 11) is 0. The summed E-state index contributed by atoms with van der Waals surface area (Å²) in [5.41, 5.74) is 0. The number of nitrogens with zero attached hydrogens (tertiary/aromatic N) is 1. The molecule has 2 N–H and O–H groups in total. The standard InChI is InChI=1S/C16H25N3O2S/c20-16(18-11-15-2-1-9-22-15)17-10-13-3-6-19(7-4-13)14-5-8-21-12-14/h1-2,9,13-14H,3-8,10-12H2,(H2,17,18,20)/t14-/m0/s1. The van der Waals surface area contributed by atoms with E-state index in [2.05, 4.69) is 15.5 Å². The van der Waals surface area contributed by atoms with Crippen molar-refractivity contribution in [3.8, 4) is 0 Å². The Labute approximate surface area is 136 Å². The van der Waals surface area contributed by atoms with Crippen LogP contribution < -0.4 is 10.6 Å². The van der Waals surface area contributed by atoms with Crippen molar-refractivity contribution in [2.75, 3.05) is 32.8 Å². The van der Waals surface area contributed by atoms with Crippen LogP contribution in [0.5, 0.6) is 0 Å². The Balaban J connectivity index is 1.30. The summed E-state index contributed by atoms with van der Waals surface area (Å²) in [6.07, 6.45) is 3.51. The molecular weight excluding hydrogens is 298 g/mol. The summed E-state index contributed by atoms with van der Waals surface area (Å²) >= 11 is 1.67. The third kappa shape index (κ3) is 4.44. The number of carbonyl (C=O) groups is 1. The molecule has 0 radical (unpaired) electrons. The van der Waals surface area contributed by atoms with E-state index in [4.69, 9.17) is 4.74 Å². The van der Waals surface area contributed by atoms with Gasteiger partial charge in [0.15, 0.2) is 0 Å². The van der Waals surface area contributed by atoms with Crippen molar-refractivity contribution < 1.29 is 9.53 Å². The first kappa shape index (κ1) is 15.8. The number of thiophene rings is 1. The minimum Gasteiger partial charge on any atom is -0.380 e. The molecule has 2 aliphatic heterocycles. The van der Waals surface area contributed by atoms with Crippen LogP contribution in [0.2, 0.25) is 0 Å². The van der Waals surface area contributed by atoms with Crippen molar-refractivity contribution in [1.29, 1.82) is 0 Å². The third-order valence-corrected chi connectivity index (χ3v) is 5.50. The molecule has 0 aromatic carbocycles. The van der Waals surface area contributed by atoms with Gasteiger partial charge in [-0.15, -0.1) is 11.3 Å². The third-order valence-electron chi connectivity index (χ3n) is 4.63. The molecule has 3 rings (SSSR count). The molecule has 6 heteroatoms. The van der Waals surface area contributed by atoms with Gasteiger partial charge in [0, 0.05) is 24.1 Å². The highest BCUT2D eigenvalue weighted by Crippen LogP contribution is 2.21. The summed E-state index contributed by atoms with van der Waals surface area (Å²) in [4.78, 5) is 15.5. The predicted octanol–water partition coefficient (Wildman–Crippen LogP) is 2.05. The molecule has 0 bridgehead atoms. The van der Waals surface area contributed by atoms with E-state index in [1.807, 2.05) is 17.5 Å². The predicted molar refractivity (Wildman–Crippen MR) is 88.1 cm³/mol. The van der Waals surface area contributed by atoms with Crippen LogP contribution in [-0.2, 0) is 11.3 Å². The van der Waals surface area contributed by atoms with E-state index < -0.39 is 0 Å². The number of urea groups is 1. The smallest absolute Gasteiger partial charge is 0.315 e. The lowest BCUT2D eigenvalue weighted by molar-refractivity contribution is 0.110. The molecule has 2 saturated heterocycles. The zero-order valence-corrected chi connectivity index (χ0v) is 13.7. The Kier molecular flexibility index (Phi) is 5.70. The Bertz CT molecular complexity index is 452. The first-order chi connectivity index (χ1) is 10.8. The molecule has 0 unspecified atom stereocenters. The molecular formula is C16H25N3O2S. The minimum absolute atomic E-state index is 0.0555. The van der Waals surface area contributed by atoms with Gasteiger partial charge < -0.3 is 15.4 Å². The highest BCUT2D eigenvalue weighted by molar-refractivity contribution is 7.09. The number of hydrogen-bond acceptors (Lipinski definition) is 4. The molecule has 0 spiro atoms. The number of ether oxygens (including phenoxy) is 1. The highest BCUT2D eigenvalue weighted by atomic mass is 32.1. The molecule has 122 valence electrons. The summed E-state index contributed by atoms with van der Waals surface area (Å²) in [5, 5.41) is 7.95. The van der Waals surface area contributed by atoms with Crippen LogP contribution in [0.4, 0.5) is 4.79 Å². The Morgan fingerprint density at radius 2 is 2.18 bits per heavy atom. The van der Waals surface area contributed by atoms with Gasteiger partial charge in [-0.05, 0) is 49.7 Å². The second-order valence-corrected chi connectivity index (χ2v) is 7.17. The van der Waals surface area contributed by atoms with Crippen LogP contribution in [0.1, 0.15) is 24.1 Å². The van der Waals surface area contributed by atoms with Gasteiger partial charge in [0.2, 0.25) is 0 Å². The lowest BCUT2D eigenvalue weighted by atomic mass is 9.95. The van der Waals surface area contributed by atoms with Gasteiger partial charge in [-0.1, -0.05) is 6.07 Å². The maximum Gasteiger partial charge on any atom is 0.315 e. The molecule has 1 aromatic heterocycles. The maximum absolute atomic E-state index is 11.8. The van der Waals surface area contributed by atoms with Gasteiger partial charge in [0.1, 0.15) is 0 Å². The van der Waals surface area contributed by atoms with Crippen molar-refractivity contribution in [2.45, 2.75) is 31.8 Å². The van der Waals surface area contributed by atoms with E-state index in [0.29, 0.717) is 18.5 Å². The maximum atomic E-state index is 11.8. The first-order valence-corrected chi connectivity index (χ1v) is 9.05. The molecule has 2 fully saturated rings. The monoisotopic (exact) mass is 323 g/mol. The second kappa shape index (κ2) is 7.94. The lowest BCUT2D eigenvalue weighted by Gasteiger charge is -2.35. The van der Waals surface area contributed by atoms with Gasteiger partial charge >= 0.3 is 6.03 Å². The number of rotatable bonds is 5. The van der Waals surface area contributed by atoms with Crippen LogP contribution in [0.25, 0.3) is 0 Å². The Hall–Kier alpha value is -1.11. The number of piperidine rings is 1. The van der Waals surface area contributed by atoms with Gasteiger partial charge in [0.05, 0.1) is 13.2 Å². The minimum atomic E-state index is -0.0555. The summed E-state index contributed by atoms with van der Waals surface area (Å²) in [5.74, 6) is 0.603. The number of hydrogen-bond donors (Lipinski definition) is 2. The lowest BCUT2D eigenvalue weighted by Crippen LogP contribution is -2.45. The normalized spacial score (nSPS) is 23.5. The average Bonchev–Trinajstić information content (AvgIpc) is 3.24. The van der Waals surface area contributed by atoms with Crippen LogP contribution in [-0.4, -0.2) is 49.8 Å². The molecule has 22 heavy (non-hydrogen) atoms. The molecule has 0 saturated carbocycles. The SMILES string of the molecule is O=C(NCc1cccs1)NCC1CCN([C@H]2CCOC2)CC1. The van der Waals surface area contributed by atoms with Gasteiger partial charge in [-0.25, -0.2) is 4.79 Å². The average molecular weight is 323 g/mol. The number of amides is 2. The molecule has 2 amide bonds. The van der Waals surface area contributed by atoms with E-state index in [0.717, 1.165) is 32.8 Å².